The molecule has 166 valence electrons. The lowest BCUT2D eigenvalue weighted by molar-refractivity contribution is -0.385. The van der Waals surface area contributed by atoms with Gasteiger partial charge < -0.3 is 0 Å². The summed E-state index contributed by atoms with van der Waals surface area (Å²) in [6.07, 6.45) is 0.310. The number of nitro benzene ring substituents is 2. The molecule has 4 rings (SSSR count). The quantitative estimate of drug-likeness (QED) is 0.429. The molecule has 2 aromatic carbocycles. The molecule has 0 saturated carbocycles. The van der Waals surface area contributed by atoms with Gasteiger partial charge in [0, 0.05) is 36.1 Å². The van der Waals surface area contributed by atoms with Crippen LogP contribution in [-0.4, -0.2) is 27.4 Å². The third-order valence-corrected chi connectivity index (χ3v) is 5.95. The van der Waals surface area contributed by atoms with Gasteiger partial charge in [0.05, 0.1) is 20.8 Å². The van der Waals surface area contributed by atoms with Gasteiger partial charge in [0.2, 0.25) is 5.91 Å². The van der Waals surface area contributed by atoms with Gasteiger partial charge in [-0.25, -0.2) is 0 Å². The fraction of sp³-hybridized carbons (Fsp3) is 0.318. The number of nitro groups is 2. The van der Waals surface area contributed by atoms with Crippen molar-refractivity contribution >= 4 is 29.0 Å². The molecule has 0 aromatic heterocycles. The zero-order valence-corrected chi connectivity index (χ0v) is 17.9. The summed E-state index contributed by atoms with van der Waals surface area (Å²) < 4.78 is 0. The van der Waals surface area contributed by atoms with Crippen molar-refractivity contribution < 1.29 is 24.2 Å². The minimum Gasteiger partial charge on any atom is -0.298 e. The molecule has 0 bridgehead atoms. The van der Waals surface area contributed by atoms with Crippen LogP contribution in [0.5, 0.6) is 0 Å². The van der Waals surface area contributed by atoms with E-state index in [0.717, 1.165) is 11.1 Å². The molecule has 10 nitrogen and oxygen atoms in total. The lowest BCUT2D eigenvalue weighted by Gasteiger charge is -2.30. The molecule has 0 atom stereocenters. The fourth-order valence-corrected chi connectivity index (χ4v) is 3.82. The van der Waals surface area contributed by atoms with Crippen molar-refractivity contribution in [1.29, 1.82) is 0 Å². The summed E-state index contributed by atoms with van der Waals surface area (Å²) in [5, 5.41) is 23.4. The molecule has 2 aromatic rings. The average Bonchev–Trinajstić information content (AvgIpc) is 2.94. The number of Topliss-reactive ketones (excluding diaryl/α,β-unsaturated/α-hetero) is 1. The molecule has 1 heterocycles. The summed E-state index contributed by atoms with van der Waals surface area (Å²) in [4.78, 5) is 55.1. The molecule has 1 N–H and O–H groups in total. The largest absolute Gasteiger partial charge is 0.298 e. The van der Waals surface area contributed by atoms with Crippen LogP contribution in [0.4, 0.5) is 11.4 Å². The first-order valence-electron chi connectivity index (χ1n) is 9.72. The summed E-state index contributed by atoms with van der Waals surface area (Å²) >= 11 is 0. The van der Waals surface area contributed by atoms with E-state index in [1.165, 1.54) is 30.3 Å². The standard InChI is InChI=1S/C11H10N2O4.C11H11NO3/c1-11(2)8-4-3-6(13(16)17)5-7(8)9(14)12-10(11)15;1-11(2)9-4-3-8(12(14)15)5-7(9)6-10(11)13/h3-5H,1-2H3,(H,12,14,15);3-5H,6H2,1-2H3. The van der Waals surface area contributed by atoms with E-state index in [1.807, 2.05) is 13.8 Å². The molecule has 2 amide bonds. The van der Waals surface area contributed by atoms with Crippen molar-refractivity contribution in [3.63, 3.8) is 0 Å². The number of carbonyl (C=O) groups excluding carboxylic acids is 3. The van der Waals surface area contributed by atoms with E-state index in [2.05, 4.69) is 5.32 Å². The minimum atomic E-state index is -0.863. The highest BCUT2D eigenvalue weighted by atomic mass is 16.6. The number of benzene rings is 2. The summed E-state index contributed by atoms with van der Waals surface area (Å²) in [7, 11) is 0. The van der Waals surface area contributed by atoms with Gasteiger partial charge in [-0.3, -0.25) is 39.9 Å². The van der Waals surface area contributed by atoms with E-state index in [1.54, 1.807) is 19.9 Å². The highest BCUT2D eigenvalue weighted by Crippen LogP contribution is 2.37. The van der Waals surface area contributed by atoms with Crippen LogP contribution in [0.15, 0.2) is 36.4 Å². The zero-order chi connectivity index (χ0) is 24.0. The molecule has 0 fully saturated rings. The zero-order valence-electron chi connectivity index (χ0n) is 17.9. The topological polar surface area (TPSA) is 150 Å². The van der Waals surface area contributed by atoms with Gasteiger partial charge in [-0.2, -0.15) is 0 Å². The second kappa shape index (κ2) is 7.63. The fourth-order valence-electron chi connectivity index (χ4n) is 3.82. The number of imide groups is 1. The molecule has 2 aliphatic rings. The van der Waals surface area contributed by atoms with E-state index in [9.17, 15) is 34.6 Å². The third kappa shape index (κ3) is 3.75. The molecule has 32 heavy (non-hydrogen) atoms. The van der Waals surface area contributed by atoms with Crippen LogP contribution in [0.2, 0.25) is 0 Å². The Morgan fingerprint density at radius 1 is 0.812 bits per heavy atom. The van der Waals surface area contributed by atoms with E-state index in [4.69, 9.17) is 0 Å². The van der Waals surface area contributed by atoms with E-state index < -0.39 is 32.5 Å². The Morgan fingerprint density at radius 3 is 1.91 bits per heavy atom. The third-order valence-electron chi connectivity index (χ3n) is 5.95. The highest BCUT2D eigenvalue weighted by molar-refractivity contribution is 6.13. The SMILES string of the molecule is CC1(C)C(=O)Cc2cc([N+](=O)[O-])ccc21.CC1(C)C(=O)NC(=O)c2cc([N+](=O)[O-])ccc21. The number of fused-ring (bicyclic) bond motifs is 2. The van der Waals surface area contributed by atoms with E-state index >= 15 is 0 Å². The van der Waals surface area contributed by atoms with Gasteiger partial charge >= 0.3 is 0 Å². The maximum atomic E-state index is 11.7. The lowest BCUT2D eigenvalue weighted by Crippen LogP contribution is -2.48. The van der Waals surface area contributed by atoms with Crippen molar-refractivity contribution in [2.24, 2.45) is 0 Å². The number of carbonyl (C=O) groups is 3. The second-order valence-corrected chi connectivity index (χ2v) is 8.72. The summed E-state index contributed by atoms with van der Waals surface area (Å²) in [5.74, 6) is -0.866. The predicted octanol–water partition coefficient (Wildman–Crippen LogP) is 3.14. The Hall–Kier alpha value is -3.95. The molecule has 10 heteroatoms. The van der Waals surface area contributed by atoms with Gasteiger partial charge in [0.25, 0.3) is 17.3 Å². The molecule has 0 radical (unpaired) electrons. The Labute approximate surface area is 182 Å². The van der Waals surface area contributed by atoms with Gasteiger partial charge in [0.15, 0.2) is 0 Å². The van der Waals surface area contributed by atoms with Crippen LogP contribution in [-0.2, 0) is 26.8 Å². The van der Waals surface area contributed by atoms with Crippen LogP contribution >= 0.6 is 0 Å². The molecule has 1 aliphatic heterocycles. The minimum absolute atomic E-state index is 0.0549. The molecule has 1 aliphatic carbocycles. The average molecular weight is 439 g/mol. The van der Waals surface area contributed by atoms with Crippen molar-refractivity contribution in [2.45, 2.75) is 44.9 Å². The molecule has 0 spiro atoms. The Bertz CT molecular complexity index is 1200. The van der Waals surface area contributed by atoms with Crippen LogP contribution in [0.3, 0.4) is 0 Å². The molecular formula is C22H21N3O7. The van der Waals surface area contributed by atoms with Gasteiger partial charge in [-0.05, 0) is 44.4 Å². The number of amides is 2. The van der Waals surface area contributed by atoms with Crippen LogP contribution in [0.1, 0.15) is 54.7 Å². The van der Waals surface area contributed by atoms with E-state index in [0.29, 0.717) is 12.0 Å². The Morgan fingerprint density at radius 2 is 1.34 bits per heavy atom. The number of nitrogens with zero attached hydrogens (tertiary/aromatic N) is 2. The first-order valence-corrected chi connectivity index (χ1v) is 9.72. The molecule has 0 saturated heterocycles. The van der Waals surface area contributed by atoms with Crippen LogP contribution < -0.4 is 5.32 Å². The van der Waals surface area contributed by atoms with Crippen LogP contribution in [0, 0.1) is 20.2 Å². The number of ketones is 1. The number of nitrogens with one attached hydrogen (secondary N) is 1. The number of hydrogen-bond donors (Lipinski definition) is 1. The number of hydrogen-bond acceptors (Lipinski definition) is 7. The first-order chi connectivity index (χ1) is 14.8. The Balaban J connectivity index is 0.000000182. The smallest absolute Gasteiger partial charge is 0.270 e. The van der Waals surface area contributed by atoms with Gasteiger partial charge in [-0.1, -0.05) is 12.1 Å². The van der Waals surface area contributed by atoms with Crippen molar-refractivity contribution in [2.75, 3.05) is 0 Å². The first kappa shape index (κ1) is 22.7. The summed E-state index contributed by atoms with van der Waals surface area (Å²) in [5.41, 5.74) is 0.935. The number of non-ortho nitro benzene ring substituents is 2. The number of rotatable bonds is 2. The normalized spacial score (nSPS) is 17.4. The van der Waals surface area contributed by atoms with Gasteiger partial charge in [0.1, 0.15) is 5.78 Å². The summed E-state index contributed by atoms with van der Waals surface area (Å²) in [6, 6.07) is 8.61. The molecule has 0 unspecified atom stereocenters. The highest BCUT2D eigenvalue weighted by Gasteiger charge is 2.40. The monoisotopic (exact) mass is 439 g/mol. The van der Waals surface area contributed by atoms with Crippen LogP contribution in [0.25, 0.3) is 0 Å². The second-order valence-electron chi connectivity index (χ2n) is 8.72. The van der Waals surface area contributed by atoms with Gasteiger partial charge in [-0.15, -0.1) is 0 Å². The maximum Gasteiger partial charge on any atom is 0.270 e. The summed E-state index contributed by atoms with van der Waals surface area (Å²) in [6.45, 7) is 7.04. The predicted molar refractivity (Wildman–Crippen MR) is 113 cm³/mol. The maximum absolute atomic E-state index is 11.7. The van der Waals surface area contributed by atoms with Crippen molar-refractivity contribution in [3.05, 3.63) is 78.9 Å². The lowest BCUT2D eigenvalue weighted by atomic mass is 9.78. The van der Waals surface area contributed by atoms with E-state index in [-0.39, 0.29) is 22.7 Å². The van der Waals surface area contributed by atoms with Crippen molar-refractivity contribution in [3.8, 4) is 0 Å². The molecular weight excluding hydrogens is 418 g/mol. The Kier molecular flexibility index (Phi) is 5.42. The van der Waals surface area contributed by atoms with Crippen molar-refractivity contribution in [1.82, 2.24) is 5.32 Å².